The van der Waals surface area contributed by atoms with E-state index in [4.69, 9.17) is 4.99 Å². The molecule has 9 rings (SSSR count). The third-order valence-corrected chi connectivity index (χ3v) is 9.33. The van der Waals surface area contributed by atoms with E-state index in [1.165, 1.54) is 43.8 Å². The zero-order chi connectivity index (χ0) is 30.7. The first-order valence-corrected chi connectivity index (χ1v) is 15.8. The Kier molecular flexibility index (Phi) is 5.94. The molecule has 0 radical (unpaired) electrons. The van der Waals surface area contributed by atoms with Gasteiger partial charge < -0.3 is 5.32 Å². The number of hydrogen-bond donors (Lipinski definition) is 1. The van der Waals surface area contributed by atoms with Crippen molar-refractivity contribution in [1.82, 2.24) is 4.57 Å². The van der Waals surface area contributed by atoms with Crippen LogP contribution in [0.2, 0.25) is 0 Å². The molecule has 1 atom stereocenters. The van der Waals surface area contributed by atoms with Gasteiger partial charge in [0.1, 0.15) is 0 Å². The minimum atomic E-state index is -0.828. The lowest BCUT2D eigenvalue weighted by atomic mass is 9.94. The molecule has 3 nitrogen and oxygen atoms in total. The molecule has 1 aliphatic heterocycles. The monoisotopic (exact) mass is 589 g/mol. The van der Waals surface area contributed by atoms with Gasteiger partial charge in [0.15, 0.2) is 0 Å². The Morgan fingerprint density at radius 3 is 1.83 bits per heavy atom. The fourth-order valence-corrected chi connectivity index (χ4v) is 7.21. The van der Waals surface area contributed by atoms with E-state index in [9.17, 15) is 0 Å². The molecule has 0 spiro atoms. The number of benzene rings is 7. The minimum absolute atomic E-state index is 0.828. The molecule has 3 heteroatoms. The van der Waals surface area contributed by atoms with Crippen molar-refractivity contribution in [2.75, 3.05) is 5.32 Å². The number of hydrogen-bond acceptors (Lipinski definition) is 2. The summed E-state index contributed by atoms with van der Waals surface area (Å²) in [5.74, 6) is -0.828. The van der Waals surface area contributed by atoms with E-state index in [-0.39, 0.29) is 0 Å². The molecule has 0 amide bonds. The van der Waals surface area contributed by atoms with Gasteiger partial charge in [0.25, 0.3) is 0 Å². The first-order chi connectivity index (χ1) is 22.7. The highest BCUT2D eigenvalue weighted by Gasteiger charge is 2.35. The van der Waals surface area contributed by atoms with Crippen LogP contribution < -0.4 is 5.32 Å². The van der Waals surface area contributed by atoms with Crippen molar-refractivity contribution >= 4 is 44.0 Å². The van der Waals surface area contributed by atoms with Crippen LogP contribution in [-0.4, -0.2) is 10.3 Å². The largest absolute Gasteiger partial charge is 0.344 e. The lowest BCUT2D eigenvalue weighted by Crippen LogP contribution is -2.41. The standard InChI is InChI=1S/C43H31N3/c1-43(44-38-27-33(29-13-5-2-6-14-29)21-24-36(38)42(45-43)32-18-9-4-10-19-32)46-39-26-23-31-17-11-12-20-35(31)41(39)37-25-22-34(28-40(37)46)30-15-7-3-8-16-30/h2-28,44H,1H3. The van der Waals surface area contributed by atoms with Crippen LogP contribution in [0, 0.1) is 0 Å². The van der Waals surface area contributed by atoms with Crippen LogP contribution >= 0.6 is 0 Å². The number of fused-ring (bicyclic) bond motifs is 6. The van der Waals surface area contributed by atoms with Gasteiger partial charge in [-0.25, -0.2) is 4.99 Å². The van der Waals surface area contributed by atoms with Crippen molar-refractivity contribution in [3.63, 3.8) is 0 Å². The molecule has 7 aromatic carbocycles. The average Bonchev–Trinajstić information content (AvgIpc) is 3.47. The fraction of sp³-hybridized carbons (Fsp3) is 0.0465. The Morgan fingerprint density at radius 1 is 0.500 bits per heavy atom. The second-order valence-corrected chi connectivity index (χ2v) is 12.2. The quantitative estimate of drug-likeness (QED) is 0.217. The second kappa shape index (κ2) is 10.3. The molecule has 0 bridgehead atoms. The topological polar surface area (TPSA) is 29.3 Å². The van der Waals surface area contributed by atoms with E-state index in [0.717, 1.165) is 33.6 Å². The molecule has 1 aliphatic rings. The van der Waals surface area contributed by atoms with E-state index in [1.807, 2.05) is 0 Å². The summed E-state index contributed by atoms with van der Waals surface area (Å²) in [7, 11) is 0. The fourth-order valence-electron chi connectivity index (χ4n) is 7.21. The summed E-state index contributed by atoms with van der Waals surface area (Å²) >= 11 is 0. The molecular formula is C43H31N3. The van der Waals surface area contributed by atoms with Gasteiger partial charge in [0.2, 0.25) is 5.79 Å². The van der Waals surface area contributed by atoms with Gasteiger partial charge in [0, 0.05) is 27.6 Å². The lowest BCUT2D eigenvalue weighted by molar-refractivity contribution is 0.413. The number of nitrogens with one attached hydrogen (secondary N) is 1. The smallest absolute Gasteiger partial charge is 0.209 e. The Balaban J connectivity index is 1.35. The van der Waals surface area contributed by atoms with E-state index in [2.05, 4.69) is 181 Å². The Labute approximate surface area is 268 Å². The maximum Gasteiger partial charge on any atom is 0.209 e. The highest BCUT2D eigenvalue weighted by molar-refractivity contribution is 6.22. The summed E-state index contributed by atoms with van der Waals surface area (Å²) < 4.78 is 2.41. The molecule has 0 saturated carbocycles. The van der Waals surface area contributed by atoms with Crippen molar-refractivity contribution < 1.29 is 0 Å². The van der Waals surface area contributed by atoms with Crippen LogP contribution in [-0.2, 0) is 5.79 Å². The van der Waals surface area contributed by atoms with Gasteiger partial charge in [-0.15, -0.1) is 0 Å². The first-order valence-electron chi connectivity index (χ1n) is 15.8. The van der Waals surface area contributed by atoms with Gasteiger partial charge in [0.05, 0.1) is 16.7 Å². The lowest BCUT2D eigenvalue weighted by Gasteiger charge is -2.37. The second-order valence-electron chi connectivity index (χ2n) is 12.2. The van der Waals surface area contributed by atoms with E-state index in [0.29, 0.717) is 0 Å². The van der Waals surface area contributed by atoms with Gasteiger partial charge >= 0.3 is 0 Å². The first kappa shape index (κ1) is 26.5. The van der Waals surface area contributed by atoms with Crippen molar-refractivity contribution in [1.29, 1.82) is 0 Å². The summed E-state index contributed by atoms with van der Waals surface area (Å²) in [6.45, 7) is 2.21. The van der Waals surface area contributed by atoms with Crippen LogP contribution in [0.3, 0.4) is 0 Å². The zero-order valence-corrected chi connectivity index (χ0v) is 25.5. The van der Waals surface area contributed by atoms with Crippen molar-refractivity contribution in [3.05, 3.63) is 175 Å². The van der Waals surface area contributed by atoms with Gasteiger partial charge in [-0.3, -0.25) is 4.57 Å². The maximum absolute atomic E-state index is 5.62. The average molecular weight is 590 g/mol. The highest BCUT2D eigenvalue weighted by Crippen LogP contribution is 2.43. The number of rotatable bonds is 4. The van der Waals surface area contributed by atoms with E-state index >= 15 is 0 Å². The Morgan fingerprint density at radius 2 is 1.11 bits per heavy atom. The SMILES string of the molecule is CC1(n2c3cc(-c4ccccc4)ccc3c3c4ccccc4ccc32)N=C(c2ccccc2)c2ccc(-c3ccccc3)cc2N1. The van der Waals surface area contributed by atoms with Crippen LogP contribution in [0.1, 0.15) is 18.1 Å². The number of anilines is 1. The number of nitrogens with zero attached hydrogens (tertiary/aromatic N) is 2. The predicted octanol–water partition coefficient (Wildman–Crippen LogP) is 10.9. The summed E-state index contributed by atoms with van der Waals surface area (Å²) in [6.07, 6.45) is 0. The highest BCUT2D eigenvalue weighted by atomic mass is 15.4. The zero-order valence-electron chi connectivity index (χ0n) is 25.5. The molecule has 218 valence electrons. The molecule has 1 aromatic heterocycles. The van der Waals surface area contributed by atoms with Crippen LogP contribution in [0.4, 0.5) is 5.69 Å². The Hall–Kier alpha value is -5.93. The van der Waals surface area contributed by atoms with E-state index in [1.54, 1.807) is 0 Å². The number of aromatic nitrogens is 1. The van der Waals surface area contributed by atoms with Gasteiger partial charge in [-0.05, 0) is 58.1 Å². The third-order valence-electron chi connectivity index (χ3n) is 9.33. The van der Waals surface area contributed by atoms with Crippen LogP contribution in [0.5, 0.6) is 0 Å². The molecular weight excluding hydrogens is 558 g/mol. The normalized spacial score (nSPS) is 15.9. The van der Waals surface area contributed by atoms with Gasteiger partial charge in [-0.2, -0.15) is 0 Å². The molecule has 1 N–H and O–H groups in total. The summed E-state index contributed by atoms with van der Waals surface area (Å²) in [5, 5.41) is 8.89. The minimum Gasteiger partial charge on any atom is -0.344 e. The van der Waals surface area contributed by atoms with Crippen molar-refractivity contribution in [3.8, 4) is 22.3 Å². The molecule has 2 heterocycles. The molecule has 0 fully saturated rings. The summed E-state index contributed by atoms with van der Waals surface area (Å²) in [5.41, 5.74) is 11.3. The Bertz CT molecular complexity index is 2440. The molecule has 0 saturated heterocycles. The number of aliphatic imine (C=N–C) groups is 1. The van der Waals surface area contributed by atoms with E-state index < -0.39 is 5.79 Å². The van der Waals surface area contributed by atoms with Crippen molar-refractivity contribution in [2.45, 2.75) is 12.7 Å². The van der Waals surface area contributed by atoms with Gasteiger partial charge in [-0.1, -0.05) is 146 Å². The molecule has 1 unspecified atom stereocenters. The van der Waals surface area contributed by atoms with Crippen LogP contribution in [0.15, 0.2) is 169 Å². The summed E-state index contributed by atoms with van der Waals surface area (Å²) in [4.78, 5) is 5.62. The summed E-state index contributed by atoms with van der Waals surface area (Å²) in [6, 6.07) is 58.5. The predicted molar refractivity (Wildman–Crippen MR) is 194 cm³/mol. The molecule has 0 aliphatic carbocycles. The maximum atomic E-state index is 5.62. The van der Waals surface area contributed by atoms with Crippen molar-refractivity contribution in [2.24, 2.45) is 4.99 Å². The van der Waals surface area contributed by atoms with Crippen LogP contribution in [0.25, 0.3) is 54.8 Å². The molecule has 8 aromatic rings. The molecule has 46 heavy (non-hydrogen) atoms. The third kappa shape index (κ3) is 4.17.